The van der Waals surface area contributed by atoms with Gasteiger partial charge in [-0.15, -0.1) is 10.2 Å². The number of piperidine rings is 1. The summed E-state index contributed by atoms with van der Waals surface area (Å²) in [6, 6.07) is 3.94. The highest BCUT2D eigenvalue weighted by molar-refractivity contribution is 5.21. The Morgan fingerprint density at radius 1 is 1.21 bits per heavy atom. The molecule has 2 aromatic rings. The number of aromatic nitrogens is 4. The van der Waals surface area contributed by atoms with E-state index in [0.29, 0.717) is 5.92 Å². The monoisotopic (exact) mass is 327 g/mol. The van der Waals surface area contributed by atoms with Crippen molar-refractivity contribution in [2.75, 3.05) is 19.7 Å². The van der Waals surface area contributed by atoms with Gasteiger partial charge in [0.1, 0.15) is 17.4 Å². The van der Waals surface area contributed by atoms with Gasteiger partial charge in [0.15, 0.2) is 0 Å². The van der Waals surface area contributed by atoms with E-state index in [1.165, 1.54) is 25.1 Å². The number of rotatable bonds is 5. The Balaban J connectivity index is 1.24. The number of hydrogen-bond donors (Lipinski definition) is 0. The minimum absolute atomic E-state index is 0.638. The molecule has 1 fully saturated rings. The van der Waals surface area contributed by atoms with Gasteiger partial charge in [-0.05, 0) is 51.3 Å². The molecule has 2 aliphatic rings. The summed E-state index contributed by atoms with van der Waals surface area (Å²) in [5, 5.41) is 8.68. The van der Waals surface area contributed by atoms with E-state index >= 15 is 0 Å². The molecule has 2 aliphatic heterocycles. The summed E-state index contributed by atoms with van der Waals surface area (Å²) in [4.78, 5) is 6.71. The van der Waals surface area contributed by atoms with Gasteiger partial charge in [-0.1, -0.05) is 0 Å². The van der Waals surface area contributed by atoms with Crippen LogP contribution in [0.15, 0.2) is 18.3 Å². The molecular formula is C18H25N5O. The Kier molecular flexibility index (Phi) is 4.47. The highest BCUT2D eigenvalue weighted by atomic mass is 16.5. The molecule has 0 unspecified atom stereocenters. The lowest BCUT2D eigenvalue weighted by Gasteiger charge is -2.31. The van der Waals surface area contributed by atoms with E-state index in [1.807, 2.05) is 25.3 Å². The largest absolute Gasteiger partial charge is 0.493 e. The second-order valence-corrected chi connectivity index (χ2v) is 6.95. The van der Waals surface area contributed by atoms with E-state index in [9.17, 15) is 0 Å². The molecule has 0 spiro atoms. The number of pyridine rings is 1. The highest BCUT2D eigenvalue weighted by Crippen LogP contribution is 2.22. The molecule has 4 rings (SSSR count). The lowest BCUT2D eigenvalue weighted by molar-refractivity contribution is 0.133. The van der Waals surface area contributed by atoms with Crippen LogP contribution < -0.4 is 4.74 Å². The van der Waals surface area contributed by atoms with E-state index in [1.54, 1.807) is 0 Å². The summed E-state index contributed by atoms with van der Waals surface area (Å²) in [5.41, 5.74) is 1.00. The third-order valence-corrected chi connectivity index (χ3v) is 5.11. The second kappa shape index (κ2) is 6.89. The summed E-state index contributed by atoms with van der Waals surface area (Å²) in [7, 11) is 0. The predicted molar refractivity (Wildman–Crippen MR) is 90.8 cm³/mol. The van der Waals surface area contributed by atoms with Gasteiger partial charge in [-0.25, -0.2) is 0 Å². The molecule has 0 bridgehead atoms. The molecule has 6 heteroatoms. The normalized spacial score (nSPS) is 18.7. The van der Waals surface area contributed by atoms with Crippen molar-refractivity contribution in [2.24, 2.45) is 5.92 Å². The summed E-state index contributed by atoms with van der Waals surface area (Å²) < 4.78 is 8.25. The molecule has 0 saturated carbocycles. The van der Waals surface area contributed by atoms with Crippen LogP contribution in [0.1, 0.15) is 36.6 Å². The molecule has 6 nitrogen and oxygen atoms in total. The van der Waals surface area contributed by atoms with Crippen LogP contribution in [0.3, 0.4) is 0 Å². The average Bonchev–Trinajstić information content (AvgIpc) is 3.19. The Morgan fingerprint density at radius 3 is 2.92 bits per heavy atom. The summed E-state index contributed by atoms with van der Waals surface area (Å²) >= 11 is 0. The van der Waals surface area contributed by atoms with Gasteiger partial charge in [0.25, 0.3) is 0 Å². The number of nitrogens with zero attached hydrogens (tertiary/aromatic N) is 5. The first-order chi connectivity index (χ1) is 11.8. The van der Waals surface area contributed by atoms with Crippen LogP contribution in [0.4, 0.5) is 0 Å². The molecule has 0 N–H and O–H groups in total. The fraction of sp³-hybridized carbons (Fsp3) is 0.611. The summed E-state index contributed by atoms with van der Waals surface area (Å²) in [6.45, 7) is 7.05. The quantitative estimate of drug-likeness (QED) is 0.843. The SMILES string of the molecule is Cc1cc(OCC2CCN(Cc3nnc4n3CCC4)CC2)ccn1. The van der Waals surface area contributed by atoms with Crippen molar-refractivity contribution in [3.05, 3.63) is 35.7 Å². The molecule has 1 saturated heterocycles. The zero-order valence-corrected chi connectivity index (χ0v) is 14.3. The lowest BCUT2D eigenvalue weighted by atomic mass is 9.98. The summed E-state index contributed by atoms with van der Waals surface area (Å²) in [5.74, 6) is 3.88. The first kappa shape index (κ1) is 15.6. The van der Waals surface area contributed by atoms with Crippen molar-refractivity contribution in [3.63, 3.8) is 0 Å². The second-order valence-electron chi connectivity index (χ2n) is 6.95. The van der Waals surface area contributed by atoms with Crippen LogP contribution >= 0.6 is 0 Å². The van der Waals surface area contributed by atoms with Crippen molar-refractivity contribution in [3.8, 4) is 5.75 Å². The molecule has 0 amide bonds. The Morgan fingerprint density at radius 2 is 2.08 bits per heavy atom. The van der Waals surface area contributed by atoms with Crippen LogP contribution in [-0.4, -0.2) is 44.3 Å². The zero-order chi connectivity index (χ0) is 16.4. The molecule has 0 atom stereocenters. The number of likely N-dealkylation sites (tertiary alicyclic amines) is 1. The minimum atomic E-state index is 0.638. The lowest BCUT2D eigenvalue weighted by Crippen LogP contribution is -2.35. The van der Waals surface area contributed by atoms with Crippen molar-refractivity contribution in [1.29, 1.82) is 0 Å². The van der Waals surface area contributed by atoms with Gasteiger partial charge < -0.3 is 9.30 Å². The Bertz CT molecular complexity index is 690. The van der Waals surface area contributed by atoms with E-state index in [0.717, 1.165) is 56.5 Å². The third-order valence-electron chi connectivity index (χ3n) is 5.11. The summed E-state index contributed by atoms with van der Waals surface area (Å²) in [6.07, 6.45) is 6.48. The van der Waals surface area contributed by atoms with Crippen molar-refractivity contribution >= 4 is 0 Å². The van der Waals surface area contributed by atoms with Gasteiger partial charge >= 0.3 is 0 Å². The van der Waals surface area contributed by atoms with Crippen molar-refractivity contribution in [2.45, 2.75) is 45.7 Å². The van der Waals surface area contributed by atoms with Gasteiger partial charge in [0, 0.05) is 30.9 Å². The minimum Gasteiger partial charge on any atom is -0.493 e. The molecule has 128 valence electrons. The number of ether oxygens (including phenoxy) is 1. The molecule has 0 aliphatic carbocycles. The maximum Gasteiger partial charge on any atom is 0.147 e. The van der Waals surface area contributed by atoms with Gasteiger partial charge in [0.2, 0.25) is 0 Å². The molecule has 24 heavy (non-hydrogen) atoms. The van der Waals surface area contributed by atoms with Gasteiger partial charge in [0.05, 0.1) is 13.2 Å². The predicted octanol–water partition coefficient (Wildman–Crippen LogP) is 2.22. The van der Waals surface area contributed by atoms with Gasteiger partial charge in [-0.3, -0.25) is 9.88 Å². The maximum absolute atomic E-state index is 5.94. The van der Waals surface area contributed by atoms with E-state index < -0.39 is 0 Å². The standard InChI is InChI=1S/C18H25N5O/c1-14-11-16(4-7-19-14)24-13-15-5-9-22(10-6-15)12-18-21-20-17-3-2-8-23(17)18/h4,7,11,15H,2-3,5-6,8-10,12-13H2,1H3. The van der Waals surface area contributed by atoms with E-state index in [4.69, 9.17) is 4.74 Å². The fourth-order valence-corrected chi connectivity index (χ4v) is 3.66. The average molecular weight is 327 g/mol. The first-order valence-electron chi connectivity index (χ1n) is 8.97. The third kappa shape index (κ3) is 3.43. The molecule has 0 aromatic carbocycles. The van der Waals surface area contributed by atoms with Crippen LogP contribution in [0.2, 0.25) is 0 Å². The molecule has 4 heterocycles. The molecule has 2 aromatic heterocycles. The van der Waals surface area contributed by atoms with E-state index in [-0.39, 0.29) is 0 Å². The van der Waals surface area contributed by atoms with Crippen LogP contribution in [0, 0.1) is 12.8 Å². The number of fused-ring (bicyclic) bond motifs is 1. The molecular weight excluding hydrogens is 302 g/mol. The Labute approximate surface area is 142 Å². The van der Waals surface area contributed by atoms with Crippen molar-refractivity contribution in [1.82, 2.24) is 24.6 Å². The smallest absolute Gasteiger partial charge is 0.147 e. The fourth-order valence-electron chi connectivity index (χ4n) is 3.66. The van der Waals surface area contributed by atoms with Crippen LogP contribution in [0.25, 0.3) is 0 Å². The van der Waals surface area contributed by atoms with E-state index in [2.05, 4.69) is 24.6 Å². The first-order valence-corrected chi connectivity index (χ1v) is 8.97. The zero-order valence-electron chi connectivity index (χ0n) is 14.3. The molecule has 0 radical (unpaired) electrons. The Hall–Kier alpha value is -1.95. The number of aryl methyl sites for hydroxylation is 2. The van der Waals surface area contributed by atoms with Crippen LogP contribution in [-0.2, 0) is 19.5 Å². The van der Waals surface area contributed by atoms with Crippen LogP contribution in [0.5, 0.6) is 5.75 Å². The van der Waals surface area contributed by atoms with Crippen molar-refractivity contribution < 1.29 is 4.74 Å². The van der Waals surface area contributed by atoms with Gasteiger partial charge in [-0.2, -0.15) is 0 Å². The maximum atomic E-state index is 5.94. The number of hydrogen-bond acceptors (Lipinski definition) is 5. The topological polar surface area (TPSA) is 56.1 Å². The highest BCUT2D eigenvalue weighted by Gasteiger charge is 2.23.